The van der Waals surface area contributed by atoms with Crippen LogP contribution in [0.4, 0.5) is 11.4 Å². The largest absolute Gasteiger partial charge is 0.355 e. The molecule has 28 heavy (non-hydrogen) atoms. The molecule has 2 aromatic carbocycles. The molecule has 0 saturated carbocycles. The number of para-hydroxylation sites is 2. The molecule has 2 aromatic rings. The lowest BCUT2D eigenvalue weighted by Crippen LogP contribution is -2.46. The summed E-state index contributed by atoms with van der Waals surface area (Å²) in [5.74, 6) is 0.123. The zero-order valence-electron chi connectivity index (χ0n) is 15.9. The summed E-state index contributed by atoms with van der Waals surface area (Å²) in [6.45, 7) is 6.55. The molecule has 1 fully saturated rings. The second kappa shape index (κ2) is 10.2. The van der Waals surface area contributed by atoms with Crippen molar-refractivity contribution >= 4 is 41.5 Å². The van der Waals surface area contributed by atoms with E-state index in [4.69, 9.17) is 0 Å². The molecule has 1 saturated heterocycles. The van der Waals surface area contributed by atoms with Crippen LogP contribution in [0.2, 0.25) is 0 Å². The SMILES string of the molecule is Cl.O=C(CCN1c2ccccc2Sc2ccccc21)NCCN1CCNCC1. The summed E-state index contributed by atoms with van der Waals surface area (Å²) < 4.78 is 0. The number of amides is 1. The van der Waals surface area contributed by atoms with E-state index in [0.29, 0.717) is 13.0 Å². The molecule has 0 aliphatic carbocycles. The second-order valence-corrected chi connectivity index (χ2v) is 7.96. The highest BCUT2D eigenvalue weighted by Gasteiger charge is 2.23. The second-order valence-electron chi connectivity index (χ2n) is 6.88. The molecule has 2 aliphatic rings. The van der Waals surface area contributed by atoms with Gasteiger partial charge in [0.15, 0.2) is 0 Å². The minimum absolute atomic E-state index is 0. The number of piperazine rings is 1. The van der Waals surface area contributed by atoms with Crippen LogP contribution in [-0.4, -0.2) is 56.6 Å². The molecule has 2 heterocycles. The molecule has 7 heteroatoms. The van der Waals surface area contributed by atoms with Crippen molar-refractivity contribution in [2.45, 2.75) is 16.2 Å². The van der Waals surface area contributed by atoms with Crippen molar-refractivity contribution in [1.82, 2.24) is 15.5 Å². The van der Waals surface area contributed by atoms with Crippen LogP contribution in [0.1, 0.15) is 6.42 Å². The van der Waals surface area contributed by atoms with Gasteiger partial charge in [-0.05, 0) is 24.3 Å². The van der Waals surface area contributed by atoms with E-state index in [2.05, 4.69) is 69.0 Å². The first-order valence-electron chi connectivity index (χ1n) is 9.64. The highest BCUT2D eigenvalue weighted by atomic mass is 35.5. The Bertz CT molecular complexity index is 752. The molecule has 0 radical (unpaired) electrons. The first kappa shape index (κ1) is 21.0. The lowest BCUT2D eigenvalue weighted by atomic mass is 10.2. The third kappa shape index (κ3) is 5.00. The summed E-state index contributed by atoms with van der Waals surface area (Å²) in [5, 5.41) is 6.44. The zero-order chi connectivity index (χ0) is 18.5. The molecular formula is C21H27ClN4OS. The number of nitrogens with zero attached hydrogens (tertiary/aromatic N) is 2. The Morgan fingerprint density at radius 1 is 0.964 bits per heavy atom. The van der Waals surface area contributed by atoms with Gasteiger partial charge in [0.2, 0.25) is 5.91 Å². The third-order valence-electron chi connectivity index (χ3n) is 5.05. The summed E-state index contributed by atoms with van der Waals surface area (Å²) in [6.07, 6.45) is 0.495. The van der Waals surface area contributed by atoms with Gasteiger partial charge >= 0.3 is 0 Å². The average molecular weight is 419 g/mol. The molecule has 4 rings (SSSR count). The molecular weight excluding hydrogens is 392 g/mol. The van der Waals surface area contributed by atoms with Crippen LogP contribution in [0.15, 0.2) is 58.3 Å². The molecule has 2 N–H and O–H groups in total. The number of anilines is 2. The van der Waals surface area contributed by atoms with Gasteiger partial charge in [-0.25, -0.2) is 0 Å². The Balaban J connectivity index is 0.00000225. The lowest BCUT2D eigenvalue weighted by molar-refractivity contribution is -0.120. The monoisotopic (exact) mass is 418 g/mol. The van der Waals surface area contributed by atoms with Crippen LogP contribution >= 0.6 is 24.2 Å². The molecule has 0 bridgehead atoms. The van der Waals surface area contributed by atoms with Gasteiger partial charge < -0.3 is 15.5 Å². The maximum atomic E-state index is 12.4. The Hall–Kier alpha value is -1.73. The quantitative estimate of drug-likeness (QED) is 0.754. The third-order valence-corrected chi connectivity index (χ3v) is 6.18. The van der Waals surface area contributed by atoms with Gasteiger partial charge in [0.1, 0.15) is 0 Å². The summed E-state index contributed by atoms with van der Waals surface area (Å²) >= 11 is 1.80. The fourth-order valence-corrected chi connectivity index (χ4v) is 4.71. The number of fused-ring (bicyclic) bond motifs is 2. The van der Waals surface area contributed by atoms with Gasteiger partial charge in [-0.15, -0.1) is 12.4 Å². The average Bonchev–Trinajstić information content (AvgIpc) is 2.72. The molecule has 5 nitrogen and oxygen atoms in total. The smallest absolute Gasteiger partial charge is 0.221 e. The first-order chi connectivity index (χ1) is 13.3. The van der Waals surface area contributed by atoms with E-state index < -0.39 is 0 Å². The zero-order valence-corrected chi connectivity index (χ0v) is 17.5. The number of carbonyl (C=O) groups is 1. The normalized spacial score (nSPS) is 15.9. The molecule has 0 aromatic heterocycles. The topological polar surface area (TPSA) is 47.6 Å². The van der Waals surface area contributed by atoms with Crippen molar-refractivity contribution in [2.24, 2.45) is 0 Å². The van der Waals surface area contributed by atoms with Crippen LogP contribution in [0.3, 0.4) is 0 Å². The van der Waals surface area contributed by atoms with Crippen LogP contribution in [0.25, 0.3) is 0 Å². The number of nitrogens with one attached hydrogen (secondary N) is 2. The minimum Gasteiger partial charge on any atom is -0.355 e. The highest BCUT2D eigenvalue weighted by Crippen LogP contribution is 2.47. The van der Waals surface area contributed by atoms with E-state index in [0.717, 1.165) is 39.3 Å². The van der Waals surface area contributed by atoms with Gasteiger partial charge in [-0.1, -0.05) is 36.0 Å². The Kier molecular flexibility index (Phi) is 7.62. The predicted octanol–water partition coefficient (Wildman–Crippen LogP) is 3.12. The van der Waals surface area contributed by atoms with Crippen molar-refractivity contribution in [3.8, 4) is 0 Å². The molecule has 150 valence electrons. The van der Waals surface area contributed by atoms with Crippen molar-refractivity contribution in [3.63, 3.8) is 0 Å². The summed E-state index contributed by atoms with van der Waals surface area (Å²) in [7, 11) is 0. The van der Waals surface area contributed by atoms with E-state index in [1.807, 2.05) is 0 Å². The Morgan fingerprint density at radius 3 is 2.21 bits per heavy atom. The number of hydrogen-bond acceptors (Lipinski definition) is 5. The first-order valence-corrected chi connectivity index (χ1v) is 10.5. The summed E-state index contributed by atoms with van der Waals surface area (Å²) in [5.41, 5.74) is 2.38. The maximum absolute atomic E-state index is 12.4. The van der Waals surface area contributed by atoms with E-state index in [1.165, 1.54) is 21.2 Å². The van der Waals surface area contributed by atoms with Gasteiger partial charge in [-0.2, -0.15) is 0 Å². The fraction of sp³-hybridized carbons (Fsp3) is 0.381. The molecule has 0 unspecified atom stereocenters. The molecule has 1 amide bonds. The van der Waals surface area contributed by atoms with Crippen molar-refractivity contribution < 1.29 is 4.79 Å². The van der Waals surface area contributed by atoms with Crippen LogP contribution in [0, 0.1) is 0 Å². The van der Waals surface area contributed by atoms with E-state index in [-0.39, 0.29) is 18.3 Å². The van der Waals surface area contributed by atoms with E-state index in [1.54, 1.807) is 11.8 Å². The molecule has 0 atom stereocenters. The number of rotatable bonds is 6. The number of halogens is 1. The highest BCUT2D eigenvalue weighted by molar-refractivity contribution is 7.99. The van der Waals surface area contributed by atoms with Gasteiger partial charge in [0.25, 0.3) is 0 Å². The number of benzene rings is 2. The lowest BCUT2D eigenvalue weighted by Gasteiger charge is -2.32. The Labute approximate surface area is 177 Å². The Morgan fingerprint density at radius 2 is 1.57 bits per heavy atom. The maximum Gasteiger partial charge on any atom is 0.221 e. The van der Waals surface area contributed by atoms with Crippen molar-refractivity contribution in [1.29, 1.82) is 0 Å². The van der Waals surface area contributed by atoms with Gasteiger partial charge in [0.05, 0.1) is 11.4 Å². The number of hydrogen-bond donors (Lipinski definition) is 2. The van der Waals surface area contributed by atoms with Crippen molar-refractivity contribution in [3.05, 3.63) is 48.5 Å². The van der Waals surface area contributed by atoms with Gasteiger partial charge in [0, 0.05) is 62.0 Å². The minimum atomic E-state index is 0. The van der Waals surface area contributed by atoms with Crippen molar-refractivity contribution in [2.75, 3.05) is 50.7 Å². The van der Waals surface area contributed by atoms with Gasteiger partial charge in [-0.3, -0.25) is 9.69 Å². The summed E-state index contributed by atoms with van der Waals surface area (Å²) in [4.78, 5) is 19.5. The summed E-state index contributed by atoms with van der Waals surface area (Å²) in [6, 6.07) is 16.8. The fourth-order valence-electron chi connectivity index (χ4n) is 3.61. The van der Waals surface area contributed by atoms with Crippen LogP contribution in [0.5, 0.6) is 0 Å². The van der Waals surface area contributed by atoms with Crippen LogP contribution in [-0.2, 0) is 4.79 Å². The standard InChI is InChI=1S/C21H26N4OS.ClH/c26-21(23-12-16-24-14-10-22-11-15-24)9-13-25-17-5-1-3-7-19(17)27-20-8-4-2-6-18(20)25;/h1-8,22H,9-16H2,(H,23,26);1H. The van der Waals surface area contributed by atoms with E-state index >= 15 is 0 Å². The number of carbonyl (C=O) groups excluding carboxylic acids is 1. The van der Waals surface area contributed by atoms with E-state index in [9.17, 15) is 4.79 Å². The molecule has 0 spiro atoms. The van der Waals surface area contributed by atoms with Crippen LogP contribution < -0.4 is 15.5 Å². The molecule has 2 aliphatic heterocycles. The predicted molar refractivity (Wildman–Crippen MR) is 118 cm³/mol.